The van der Waals surface area contributed by atoms with Gasteiger partial charge in [-0.25, -0.2) is 4.39 Å². The van der Waals surface area contributed by atoms with Crippen LogP contribution in [0, 0.1) is 12.7 Å². The Hall–Kier alpha value is -3.60. The molecular formula is C25H22FNO3. The van der Waals surface area contributed by atoms with Gasteiger partial charge >= 0.3 is 0 Å². The quantitative estimate of drug-likeness (QED) is 0.535. The first-order valence-electron chi connectivity index (χ1n) is 9.65. The molecule has 152 valence electrons. The van der Waals surface area contributed by atoms with Crippen LogP contribution >= 0.6 is 0 Å². The highest BCUT2D eigenvalue weighted by Gasteiger charge is 2.30. The van der Waals surface area contributed by atoms with E-state index in [9.17, 15) is 9.18 Å². The Morgan fingerprint density at radius 1 is 1.07 bits per heavy atom. The van der Waals surface area contributed by atoms with Crippen LogP contribution in [0.1, 0.15) is 27.0 Å². The fourth-order valence-electron chi connectivity index (χ4n) is 3.33. The molecule has 4 rings (SSSR count). The number of hydrogen-bond donors (Lipinski definition) is 0. The molecule has 1 aliphatic heterocycles. The summed E-state index contributed by atoms with van der Waals surface area (Å²) in [6, 6.07) is 17.6. The molecule has 3 aromatic carbocycles. The molecule has 0 aromatic heterocycles. The summed E-state index contributed by atoms with van der Waals surface area (Å²) in [4.78, 5) is 14.8. The Morgan fingerprint density at radius 2 is 1.83 bits per heavy atom. The van der Waals surface area contributed by atoms with Gasteiger partial charge in [-0.1, -0.05) is 24.3 Å². The first-order valence-corrected chi connectivity index (χ1v) is 9.65. The molecule has 1 aliphatic rings. The van der Waals surface area contributed by atoms with E-state index in [1.807, 2.05) is 50.2 Å². The predicted octanol–water partition coefficient (Wildman–Crippen LogP) is 5.40. The minimum atomic E-state index is -0.302. The first kappa shape index (κ1) is 19.7. The van der Waals surface area contributed by atoms with E-state index in [-0.39, 0.29) is 24.0 Å². The zero-order valence-corrected chi connectivity index (χ0v) is 17.1. The number of hydrogen-bond acceptors (Lipinski definition) is 4. The molecule has 0 radical (unpaired) electrons. The summed E-state index contributed by atoms with van der Waals surface area (Å²) in [6.07, 6.45) is 1.74. The van der Waals surface area contributed by atoms with Crippen LogP contribution < -0.4 is 14.4 Å². The van der Waals surface area contributed by atoms with Crippen LogP contribution in [0.5, 0.6) is 11.5 Å². The molecule has 0 aliphatic carbocycles. The van der Waals surface area contributed by atoms with Crippen LogP contribution in [0.25, 0.3) is 6.08 Å². The number of Topliss-reactive ketones (excluding diaryl/α,β-unsaturated/α-hetero) is 1. The van der Waals surface area contributed by atoms with Gasteiger partial charge in [0.15, 0.2) is 5.76 Å². The van der Waals surface area contributed by atoms with E-state index in [0.29, 0.717) is 17.1 Å². The fraction of sp³-hybridized carbons (Fsp3) is 0.160. The molecule has 5 heteroatoms. The third-order valence-electron chi connectivity index (χ3n) is 5.03. The molecule has 0 amide bonds. The summed E-state index contributed by atoms with van der Waals surface area (Å²) in [5.74, 6) is 0.939. The van der Waals surface area contributed by atoms with Crippen molar-refractivity contribution < 1.29 is 18.7 Å². The van der Waals surface area contributed by atoms with Crippen LogP contribution in [0.3, 0.4) is 0 Å². The second-order valence-electron chi connectivity index (χ2n) is 7.41. The normalized spacial score (nSPS) is 13.9. The Morgan fingerprint density at radius 3 is 2.53 bits per heavy atom. The number of nitrogens with zero attached hydrogens (tertiary/aromatic N) is 1. The number of rotatable bonds is 5. The molecule has 0 spiro atoms. The van der Waals surface area contributed by atoms with Crippen molar-refractivity contribution in [2.75, 3.05) is 19.0 Å². The zero-order valence-electron chi connectivity index (χ0n) is 17.1. The molecule has 30 heavy (non-hydrogen) atoms. The Labute approximate surface area is 175 Å². The van der Waals surface area contributed by atoms with Crippen molar-refractivity contribution >= 4 is 17.5 Å². The zero-order chi connectivity index (χ0) is 21.3. The Balaban J connectivity index is 1.54. The first-order chi connectivity index (χ1) is 14.4. The van der Waals surface area contributed by atoms with Crippen molar-refractivity contribution in [1.82, 2.24) is 0 Å². The summed E-state index contributed by atoms with van der Waals surface area (Å²) in [7, 11) is 3.95. The molecule has 0 atom stereocenters. The standard InChI is InChI=1S/C25H22FNO3/c1-16-22(29-15-18-5-4-6-19(26)13-18)12-11-21-24(28)23(30-25(16)21)14-17-7-9-20(10-8-17)27(2)3/h4-14H,15H2,1-3H3/b23-14-. The summed E-state index contributed by atoms with van der Waals surface area (Å²) < 4.78 is 25.1. The van der Waals surface area contributed by atoms with E-state index in [0.717, 1.165) is 22.4 Å². The third kappa shape index (κ3) is 3.92. The van der Waals surface area contributed by atoms with Gasteiger partial charge in [-0.2, -0.15) is 0 Å². The van der Waals surface area contributed by atoms with Crippen molar-refractivity contribution in [3.8, 4) is 11.5 Å². The van der Waals surface area contributed by atoms with E-state index in [2.05, 4.69) is 0 Å². The van der Waals surface area contributed by atoms with Crippen molar-refractivity contribution in [2.24, 2.45) is 0 Å². The second-order valence-corrected chi connectivity index (χ2v) is 7.41. The largest absolute Gasteiger partial charge is 0.488 e. The molecule has 0 bridgehead atoms. The maximum Gasteiger partial charge on any atom is 0.231 e. The fourth-order valence-corrected chi connectivity index (χ4v) is 3.33. The molecule has 0 fully saturated rings. The SMILES string of the molecule is Cc1c(OCc2cccc(F)c2)ccc2c1O/C(=C\c1ccc(N(C)C)cc1)C2=O. The van der Waals surface area contributed by atoms with E-state index in [1.165, 1.54) is 12.1 Å². The van der Waals surface area contributed by atoms with Gasteiger partial charge in [-0.05, 0) is 60.5 Å². The molecule has 4 nitrogen and oxygen atoms in total. The molecule has 0 unspecified atom stereocenters. The molecular weight excluding hydrogens is 381 g/mol. The van der Waals surface area contributed by atoms with Gasteiger partial charge in [0.25, 0.3) is 0 Å². The van der Waals surface area contributed by atoms with E-state index < -0.39 is 0 Å². The van der Waals surface area contributed by atoms with Crippen molar-refractivity contribution in [3.05, 3.63) is 94.5 Å². The summed E-state index contributed by atoms with van der Waals surface area (Å²) in [5, 5.41) is 0. The second kappa shape index (κ2) is 8.03. The van der Waals surface area contributed by atoms with Crippen LogP contribution in [0.4, 0.5) is 10.1 Å². The Bertz CT molecular complexity index is 1130. The number of ether oxygens (including phenoxy) is 2. The maximum atomic E-state index is 13.4. The van der Waals surface area contributed by atoms with Gasteiger partial charge in [0.05, 0.1) is 5.56 Å². The summed E-state index contributed by atoms with van der Waals surface area (Å²) in [5.41, 5.74) is 3.95. The lowest BCUT2D eigenvalue weighted by molar-refractivity contribution is 0.101. The van der Waals surface area contributed by atoms with Gasteiger partial charge in [0.1, 0.15) is 23.9 Å². The molecule has 0 N–H and O–H groups in total. The van der Waals surface area contributed by atoms with Crippen LogP contribution in [-0.4, -0.2) is 19.9 Å². The Kier molecular flexibility index (Phi) is 5.27. The predicted molar refractivity (Wildman–Crippen MR) is 116 cm³/mol. The number of carbonyl (C=O) groups excluding carboxylic acids is 1. The molecule has 1 heterocycles. The van der Waals surface area contributed by atoms with Gasteiger partial charge in [-0.15, -0.1) is 0 Å². The highest BCUT2D eigenvalue weighted by atomic mass is 19.1. The number of halogens is 1. The summed E-state index contributed by atoms with van der Waals surface area (Å²) >= 11 is 0. The van der Waals surface area contributed by atoms with Gasteiger partial charge in [0.2, 0.25) is 5.78 Å². The third-order valence-corrected chi connectivity index (χ3v) is 5.03. The van der Waals surface area contributed by atoms with Crippen molar-refractivity contribution in [1.29, 1.82) is 0 Å². The lowest BCUT2D eigenvalue weighted by atomic mass is 10.1. The summed E-state index contributed by atoms with van der Waals surface area (Å²) in [6.45, 7) is 2.08. The lowest BCUT2D eigenvalue weighted by Crippen LogP contribution is -2.08. The smallest absolute Gasteiger partial charge is 0.231 e. The number of fused-ring (bicyclic) bond motifs is 1. The van der Waals surface area contributed by atoms with Crippen molar-refractivity contribution in [2.45, 2.75) is 13.5 Å². The highest BCUT2D eigenvalue weighted by molar-refractivity contribution is 6.15. The van der Waals surface area contributed by atoms with Crippen LogP contribution in [-0.2, 0) is 6.61 Å². The van der Waals surface area contributed by atoms with E-state index in [4.69, 9.17) is 9.47 Å². The number of ketones is 1. The van der Waals surface area contributed by atoms with Gasteiger partial charge < -0.3 is 14.4 Å². The number of anilines is 1. The molecule has 3 aromatic rings. The van der Waals surface area contributed by atoms with E-state index >= 15 is 0 Å². The average molecular weight is 403 g/mol. The van der Waals surface area contributed by atoms with Crippen molar-refractivity contribution in [3.63, 3.8) is 0 Å². The van der Waals surface area contributed by atoms with Gasteiger partial charge in [-0.3, -0.25) is 4.79 Å². The van der Waals surface area contributed by atoms with E-state index in [1.54, 1.807) is 30.3 Å². The lowest BCUT2D eigenvalue weighted by Gasteiger charge is -2.12. The molecule has 0 saturated heterocycles. The topological polar surface area (TPSA) is 38.8 Å². The highest BCUT2D eigenvalue weighted by Crippen LogP contribution is 2.39. The minimum Gasteiger partial charge on any atom is -0.488 e. The van der Waals surface area contributed by atoms with Crippen LogP contribution in [0.2, 0.25) is 0 Å². The number of carbonyl (C=O) groups is 1. The maximum absolute atomic E-state index is 13.4. The number of allylic oxidation sites excluding steroid dienone is 1. The van der Waals surface area contributed by atoms with Gasteiger partial charge in [0, 0.05) is 25.3 Å². The number of benzene rings is 3. The molecule has 0 saturated carbocycles. The minimum absolute atomic E-state index is 0.151. The monoisotopic (exact) mass is 403 g/mol. The average Bonchev–Trinajstić information content (AvgIpc) is 3.04. The van der Waals surface area contributed by atoms with Crippen LogP contribution in [0.15, 0.2) is 66.4 Å².